The highest BCUT2D eigenvalue weighted by molar-refractivity contribution is 7.13. The largest absolute Gasteiger partial charge is 0.375 e. The number of carbonyl (C=O) groups excluding carboxylic acids is 1. The molecule has 6 heteroatoms. The molecule has 100 valence electrons. The fourth-order valence-electron chi connectivity index (χ4n) is 2.39. The van der Waals surface area contributed by atoms with E-state index in [0.717, 1.165) is 18.5 Å². The summed E-state index contributed by atoms with van der Waals surface area (Å²) < 4.78 is 0. The van der Waals surface area contributed by atoms with E-state index in [-0.39, 0.29) is 5.91 Å². The maximum absolute atomic E-state index is 12.0. The van der Waals surface area contributed by atoms with Crippen molar-refractivity contribution in [3.8, 4) is 0 Å². The quantitative estimate of drug-likeness (QED) is 0.872. The summed E-state index contributed by atoms with van der Waals surface area (Å²) in [5, 5.41) is 4.41. The van der Waals surface area contributed by atoms with Crippen LogP contribution in [0, 0.1) is 0 Å². The van der Waals surface area contributed by atoms with Crippen molar-refractivity contribution in [3.63, 3.8) is 0 Å². The summed E-state index contributed by atoms with van der Waals surface area (Å²) in [5.74, 6) is -0.0131. The Morgan fingerprint density at radius 3 is 2.78 bits per heavy atom. The van der Waals surface area contributed by atoms with Crippen LogP contribution >= 0.6 is 11.3 Å². The number of carbonyl (C=O) groups is 1. The van der Waals surface area contributed by atoms with E-state index < -0.39 is 0 Å². The molecule has 1 fully saturated rings. The molecular weight excluding hydrogens is 248 g/mol. The molecule has 0 aliphatic carbocycles. The summed E-state index contributed by atoms with van der Waals surface area (Å²) in [6.07, 6.45) is 3.80. The number of hydrazine groups is 1. The van der Waals surface area contributed by atoms with E-state index in [1.165, 1.54) is 17.8 Å². The lowest BCUT2D eigenvalue weighted by Crippen LogP contribution is -2.54. The van der Waals surface area contributed by atoms with Gasteiger partial charge in [0, 0.05) is 17.5 Å². The van der Waals surface area contributed by atoms with E-state index in [4.69, 9.17) is 5.73 Å². The molecule has 2 unspecified atom stereocenters. The van der Waals surface area contributed by atoms with Gasteiger partial charge in [0.25, 0.3) is 0 Å². The van der Waals surface area contributed by atoms with Gasteiger partial charge in [0.1, 0.15) is 0 Å². The Balaban J connectivity index is 1.90. The SMILES string of the molecule is CC1CCCC(C)N1NC(=O)Cc1csc(N)n1. The molecular formula is C12H20N4OS. The number of rotatable bonds is 3. The fourth-order valence-corrected chi connectivity index (χ4v) is 2.96. The van der Waals surface area contributed by atoms with Crippen LogP contribution in [0.2, 0.25) is 0 Å². The van der Waals surface area contributed by atoms with Gasteiger partial charge in [0.15, 0.2) is 5.13 Å². The van der Waals surface area contributed by atoms with Crippen LogP contribution in [0.4, 0.5) is 5.13 Å². The van der Waals surface area contributed by atoms with E-state index in [0.29, 0.717) is 23.6 Å². The number of thiazole rings is 1. The Bertz CT molecular complexity index is 410. The van der Waals surface area contributed by atoms with Crippen molar-refractivity contribution in [3.05, 3.63) is 11.1 Å². The number of anilines is 1. The number of nitrogens with one attached hydrogen (secondary N) is 1. The van der Waals surface area contributed by atoms with Gasteiger partial charge in [-0.05, 0) is 26.7 Å². The first kappa shape index (κ1) is 13.3. The number of amides is 1. The van der Waals surface area contributed by atoms with Crippen molar-refractivity contribution in [1.82, 2.24) is 15.4 Å². The second-order valence-electron chi connectivity index (χ2n) is 4.93. The lowest BCUT2D eigenvalue weighted by atomic mass is 10.00. The molecule has 3 N–H and O–H groups in total. The molecule has 2 atom stereocenters. The monoisotopic (exact) mass is 268 g/mol. The van der Waals surface area contributed by atoms with Crippen LogP contribution in [-0.4, -0.2) is 28.0 Å². The first-order valence-corrected chi connectivity index (χ1v) is 7.22. The van der Waals surface area contributed by atoms with Crippen molar-refractivity contribution < 1.29 is 4.79 Å². The Hall–Kier alpha value is -1.14. The summed E-state index contributed by atoms with van der Waals surface area (Å²) >= 11 is 1.37. The van der Waals surface area contributed by atoms with Crippen molar-refractivity contribution in [2.24, 2.45) is 0 Å². The highest BCUT2D eigenvalue weighted by Crippen LogP contribution is 2.20. The Labute approximate surface area is 111 Å². The summed E-state index contributed by atoms with van der Waals surface area (Å²) in [7, 11) is 0. The highest BCUT2D eigenvalue weighted by atomic mass is 32.1. The number of nitrogens with two attached hydrogens (primary N) is 1. The number of nitrogens with zero attached hydrogens (tertiary/aromatic N) is 2. The average Bonchev–Trinajstić information content (AvgIpc) is 2.69. The third kappa shape index (κ3) is 3.20. The van der Waals surface area contributed by atoms with Crippen LogP contribution in [-0.2, 0) is 11.2 Å². The van der Waals surface area contributed by atoms with Gasteiger partial charge in [-0.3, -0.25) is 10.2 Å². The first-order chi connectivity index (χ1) is 8.56. The number of hydrogen-bond acceptors (Lipinski definition) is 5. The third-order valence-electron chi connectivity index (χ3n) is 3.36. The van der Waals surface area contributed by atoms with Crippen LogP contribution in [0.1, 0.15) is 38.8 Å². The number of aromatic nitrogens is 1. The normalized spacial score (nSPS) is 25.0. The van der Waals surface area contributed by atoms with Crippen molar-refractivity contribution in [2.45, 2.75) is 51.6 Å². The molecule has 1 aromatic rings. The van der Waals surface area contributed by atoms with E-state index in [1.54, 1.807) is 0 Å². The van der Waals surface area contributed by atoms with Crippen LogP contribution in [0.5, 0.6) is 0 Å². The van der Waals surface area contributed by atoms with Gasteiger partial charge >= 0.3 is 0 Å². The van der Waals surface area contributed by atoms with E-state index in [2.05, 4.69) is 29.3 Å². The second-order valence-corrected chi connectivity index (χ2v) is 5.81. The Kier molecular flexibility index (Phi) is 4.19. The molecule has 0 bridgehead atoms. The smallest absolute Gasteiger partial charge is 0.240 e. The van der Waals surface area contributed by atoms with Crippen molar-refractivity contribution in [2.75, 3.05) is 5.73 Å². The van der Waals surface area contributed by atoms with E-state index >= 15 is 0 Å². The van der Waals surface area contributed by atoms with Gasteiger partial charge in [-0.15, -0.1) is 11.3 Å². The summed E-state index contributed by atoms with van der Waals surface area (Å²) in [5.41, 5.74) is 9.29. The number of hydrogen-bond donors (Lipinski definition) is 2. The molecule has 0 aromatic carbocycles. The molecule has 5 nitrogen and oxygen atoms in total. The Morgan fingerprint density at radius 1 is 1.56 bits per heavy atom. The lowest BCUT2D eigenvalue weighted by Gasteiger charge is -2.38. The average molecular weight is 268 g/mol. The molecule has 2 rings (SSSR count). The van der Waals surface area contributed by atoms with Crippen LogP contribution in [0.25, 0.3) is 0 Å². The zero-order valence-corrected chi connectivity index (χ0v) is 11.7. The van der Waals surface area contributed by atoms with E-state index in [9.17, 15) is 4.79 Å². The third-order valence-corrected chi connectivity index (χ3v) is 4.08. The maximum Gasteiger partial charge on any atom is 0.240 e. The molecule has 0 spiro atoms. The molecule has 1 aliphatic heterocycles. The predicted octanol–water partition coefficient (Wildman–Crippen LogP) is 1.56. The standard InChI is InChI=1S/C12H20N4OS/c1-8-4-3-5-9(2)16(8)15-11(17)6-10-7-18-12(13)14-10/h7-9H,3-6H2,1-2H3,(H2,13,14)(H,15,17). The van der Waals surface area contributed by atoms with Gasteiger partial charge in [0.2, 0.25) is 5.91 Å². The van der Waals surface area contributed by atoms with Gasteiger partial charge in [-0.1, -0.05) is 6.42 Å². The highest BCUT2D eigenvalue weighted by Gasteiger charge is 2.26. The van der Waals surface area contributed by atoms with Gasteiger partial charge in [-0.2, -0.15) is 0 Å². The zero-order valence-electron chi connectivity index (χ0n) is 10.8. The van der Waals surface area contributed by atoms with Gasteiger partial charge < -0.3 is 5.73 Å². The lowest BCUT2D eigenvalue weighted by molar-refractivity contribution is -0.128. The summed E-state index contributed by atoms with van der Waals surface area (Å²) in [6, 6.07) is 0.802. The number of nitrogen functional groups attached to an aromatic ring is 1. The minimum absolute atomic E-state index is 0.0131. The molecule has 1 saturated heterocycles. The topological polar surface area (TPSA) is 71.2 Å². The molecule has 0 radical (unpaired) electrons. The predicted molar refractivity (Wildman–Crippen MR) is 73.0 cm³/mol. The minimum Gasteiger partial charge on any atom is -0.375 e. The van der Waals surface area contributed by atoms with Gasteiger partial charge in [-0.25, -0.2) is 9.99 Å². The first-order valence-electron chi connectivity index (χ1n) is 6.34. The minimum atomic E-state index is -0.0131. The summed E-state index contributed by atoms with van der Waals surface area (Å²) in [4.78, 5) is 16.1. The Morgan fingerprint density at radius 2 is 2.22 bits per heavy atom. The van der Waals surface area contributed by atoms with Gasteiger partial charge in [0.05, 0.1) is 12.1 Å². The van der Waals surface area contributed by atoms with Crippen LogP contribution < -0.4 is 11.2 Å². The van der Waals surface area contributed by atoms with Crippen molar-refractivity contribution in [1.29, 1.82) is 0 Å². The number of piperidine rings is 1. The molecule has 18 heavy (non-hydrogen) atoms. The molecule has 1 amide bonds. The molecule has 2 heterocycles. The fraction of sp³-hybridized carbons (Fsp3) is 0.667. The second kappa shape index (κ2) is 5.67. The zero-order chi connectivity index (χ0) is 13.1. The van der Waals surface area contributed by atoms with E-state index in [1.807, 2.05) is 5.38 Å². The molecule has 0 saturated carbocycles. The maximum atomic E-state index is 12.0. The van der Waals surface area contributed by atoms with Crippen LogP contribution in [0.3, 0.4) is 0 Å². The summed E-state index contributed by atoms with van der Waals surface area (Å²) in [6.45, 7) is 4.30. The van der Waals surface area contributed by atoms with Crippen LogP contribution in [0.15, 0.2) is 5.38 Å². The van der Waals surface area contributed by atoms with Crippen molar-refractivity contribution >= 4 is 22.4 Å². The molecule has 1 aromatic heterocycles. The molecule has 1 aliphatic rings.